The molecule has 0 aliphatic carbocycles. The van der Waals surface area contributed by atoms with E-state index in [0.717, 1.165) is 19.3 Å². The number of unbranched alkanes of at least 4 members (excludes halogenated alkanes) is 2. The number of hydrogen-bond donors (Lipinski definition) is 0. The molecule has 0 saturated carbocycles. The minimum atomic E-state index is -3.19. The van der Waals surface area contributed by atoms with Crippen molar-refractivity contribution in [3.05, 3.63) is 60.7 Å². The molecular formula is C17H21O3P. The predicted octanol–water partition coefficient (Wildman–Crippen LogP) is 5.53. The highest BCUT2D eigenvalue weighted by molar-refractivity contribution is 7.54. The average Bonchev–Trinajstić information content (AvgIpc) is 2.49. The maximum Gasteiger partial charge on any atom is 0.430 e. The molecule has 21 heavy (non-hydrogen) atoms. The fourth-order valence-electron chi connectivity index (χ4n) is 1.95. The highest BCUT2D eigenvalue weighted by Crippen LogP contribution is 2.49. The van der Waals surface area contributed by atoms with E-state index in [1.54, 1.807) is 24.3 Å². The minimum absolute atomic E-state index is 0.421. The van der Waals surface area contributed by atoms with E-state index < -0.39 is 7.60 Å². The number of rotatable bonds is 8. The third-order valence-electron chi connectivity index (χ3n) is 3.01. The summed E-state index contributed by atoms with van der Waals surface area (Å²) in [6.45, 7) is 2.11. The van der Waals surface area contributed by atoms with Gasteiger partial charge in [0.25, 0.3) is 0 Å². The maximum absolute atomic E-state index is 13.0. The number of hydrogen-bond acceptors (Lipinski definition) is 3. The zero-order valence-corrected chi connectivity index (χ0v) is 13.2. The van der Waals surface area contributed by atoms with Gasteiger partial charge in [-0.05, 0) is 30.7 Å². The number of benzene rings is 2. The molecule has 0 heterocycles. The molecule has 2 rings (SSSR count). The fraction of sp³-hybridized carbons (Fsp3) is 0.294. The molecule has 0 saturated heterocycles. The van der Waals surface area contributed by atoms with Crippen molar-refractivity contribution in [1.82, 2.24) is 0 Å². The van der Waals surface area contributed by atoms with Crippen LogP contribution in [0, 0.1) is 0 Å². The van der Waals surface area contributed by atoms with Crippen LogP contribution in [0.15, 0.2) is 60.7 Å². The fourth-order valence-corrected chi connectivity index (χ4v) is 3.67. The Balaban J connectivity index is 2.11. The summed E-state index contributed by atoms with van der Waals surface area (Å²) in [4.78, 5) is 0. The molecular weight excluding hydrogens is 283 g/mol. The predicted molar refractivity (Wildman–Crippen MR) is 86.1 cm³/mol. The summed E-state index contributed by atoms with van der Waals surface area (Å²) in [6, 6.07) is 18.4. The maximum atomic E-state index is 13.0. The van der Waals surface area contributed by atoms with Gasteiger partial charge in [0.05, 0.1) is 6.16 Å². The summed E-state index contributed by atoms with van der Waals surface area (Å²) in [5, 5.41) is 0. The SMILES string of the molecule is CCCCCP(=O)(Oc1ccccc1)Oc1ccccc1. The van der Waals surface area contributed by atoms with Crippen LogP contribution in [0.1, 0.15) is 26.2 Å². The molecule has 112 valence electrons. The van der Waals surface area contributed by atoms with Gasteiger partial charge in [-0.15, -0.1) is 0 Å². The van der Waals surface area contributed by atoms with Crippen LogP contribution < -0.4 is 9.05 Å². The van der Waals surface area contributed by atoms with Crippen LogP contribution >= 0.6 is 7.60 Å². The molecule has 0 aliphatic rings. The minimum Gasteiger partial charge on any atom is -0.416 e. The second kappa shape index (κ2) is 7.90. The van der Waals surface area contributed by atoms with Crippen molar-refractivity contribution >= 4 is 7.60 Å². The van der Waals surface area contributed by atoms with E-state index in [0.29, 0.717) is 17.7 Å². The summed E-state index contributed by atoms with van der Waals surface area (Å²) in [5.74, 6) is 1.15. The van der Waals surface area contributed by atoms with Gasteiger partial charge in [0.15, 0.2) is 0 Å². The van der Waals surface area contributed by atoms with Crippen LogP contribution in [0.4, 0.5) is 0 Å². The Morgan fingerprint density at radius 2 is 1.29 bits per heavy atom. The molecule has 0 aromatic heterocycles. The Kier molecular flexibility index (Phi) is 5.89. The van der Waals surface area contributed by atoms with Gasteiger partial charge in [-0.3, -0.25) is 0 Å². The largest absolute Gasteiger partial charge is 0.430 e. The van der Waals surface area contributed by atoms with Crippen LogP contribution in [0.2, 0.25) is 0 Å². The van der Waals surface area contributed by atoms with Crippen LogP contribution in [0.25, 0.3) is 0 Å². The molecule has 4 heteroatoms. The van der Waals surface area contributed by atoms with Gasteiger partial charge < -0.3 is 9.05 Å². The summed E-state index contributed by atoms with van der Waals surface area (Å²) in [5.41, 5.74) is 0. The zero-order chi connectivity index (χ0) is 15.0. The molecule has 0 fully saturated rings. The van der Waals surface area contributed by atoms with Gasteiger partial charge in [-0.25, -0.2) is 4.57 Å². The Labute approximate surface area is 126 Å². The molecule has 3 nitrogen and oxygen atoms in total. The highest BCUT2D eigenvalue weighted by Gasteiger charge is 2.27. The monoisotopic (exact) mass is 304 g/mol. The first kappa shape index (κ1) is 15.7. The molecule has 0 spiro atoms. The lowest BCUT2D eigenvalue weighted by Crippen LogP contribution is -2.05. The van der Waals surface area contributed by atoms with E-state index in [9.17, 15) is 4.57 Å². The first-order chi connectivity index (χ1) is 10.2. The normalized spacial score (nSPS) is 11.1. The van der Waals surface area contributed by atoms with E-state index >= 15 is 0 Å². The second-order valence-electron chi connectivity index (χ2n) is 4.85. The first-order valence-electron chi connectivity index (χ1n) is 7.30. The Bertz CT molecular complexity index is 524. The quantitative estimate of drug-likeness (QED) is 0.475. The third-order valence-corrected chi connectivity index (χ3v) is 4.85. The highest BCUT2D eigenvalue weighted by atomic mass is 31.2. The summed E-state index contributed by atoms with van der Waals surface area (Å²) in [7, 11) is -3.19. The van der Waals surface area contributed by atoms with Crippen LogP contribution in [0.5, 0.6) is 11.5 Å². The lowest BCUT2D eigenvalue weighted by molar-refractivity contribution is 0.384. The summed E-state index contributed by atoms with van der Waals surface area (Å²) < 4.78 is 24.4. The van der Waals surface area contributed by atoms with Gasteiger partial charge in [0, 0.05) is 0 Å². The Morgan fingerprint density at radius 3 is 1.71 bits per heavy atom. The van der Waals surface area contributed by atoms with Gasteiger partial charge in [0.2, 0.25) is 0 Å². The van der Waals surface area contributed by atoms with E-state index in [2.05, 4.69) is 6.92 Å². The average molecular weight is 304 g/mol. The van der Waals surface area contributed by atoms with Crippen molar-refractivity contribution in [3.8, 4) is 11.5 Å². The molecule has 2 aromatic rings. The third kappa shape index (κ3) is 5.28. The van der Waals surface area contributed by atoms with Crippen LogP contribution in [-0.2, 0) is 4.57 Å². The molecule has 0 aliphatic heterocycles. The van der Waals surface area contributed by atoms with Crippen molar-refractivity contribution in [2.24, 2.45) is 0 Å². The van der Waals surface area contributed by atoms with Crippen LogP contribution in [0.3, 0.4) is 0 Å². The number of para-hydroxylation sites is 2. The second-order valence-corrected chi connectivity index (χ2v) is 6.88. The van der Waals surface area contributed by atoms with E-state index in [4.69, 9.17) is 9.05 Å². The van der Waals surface area contributed by atoms with E-state index in [1.165, 1.54) is 0 Å². The summed E-state index contributed by atoms with van der Waals surface area (Å²) >= 11 is 0. The van der Waals surface area contributed by atoms with E-state index in [-0.39, 0.29) is 0 Å². The standard InChI is InChI=1S/C17H21O3P/c1-2-3-10-15-21(18,19-16-11-6-4-7-12-16)20-17-13-8-5-9-14-17/h4-9,11-14H,2-3,10,15H2,1H3. The smallest absolute Gasteiger partial charge is 0.416 e. The van der Waals surface area contributed by atoms with E-state index in [1.807, 2.05) is 36.4 Å². The zero-order valence-electron chi connectivity index (χ0n) is 12.3. The Hall–Kier alpha value is -1.73. The van der Waals surface area contributed by atoms with Gasteiger partial charge in [-0.2, -0.15) is 0 Å². The van der Waals surface area contributed by atoms with Crippen molar-refractivity contribution in [2.45, 2.75) is 26.2 Å². The Morgan fingerprint density at radius 1 is 0.810 bits per heavy atom. The first-order valence-corrected chi connectivity index (χ1v) is 9.03. The molecule has 0 amide bonds. The molecule has 2 aromatic carbocycles. The van der Waals surface area contributed by atoms with Gasteiger partial charge >= 0.3 is 7.60 Å². The molecule has 0 unspecified atom stereocenters. The topological polar surface area (TPSA) is 35.5 Å². The lowest BCUT2D eigenvalue weighted by atomic mass is 10.3. The van der Waals surface area contributed by atoms with Gasteiger partial charge in [0.1, 0.15) is 11.5 Å². The van der Waals surface area contributed by atoms with Gasteiger partial charge in [-0.1, -0.05) is 56.2 Å². The lowest BCUT2D eigenvalue weighted by Gasteiger charge is -2.20. The molecule has 0 atom stereocenters. The molecule has 0 N–H and O–H groups in total. The summed E-state index contributed by atoms with van der Waals surface area (Å²) in [6.07, 6.45) is 3.33. The van der Waals surface area contributed by atoms with Crippen molar-refractivity contribution in [3.63, 3.8) is 0 Å². The van der Waals surface area contributed by atoms with Crippen molar-refractivity contribution < 1.29 is 13.6 Å². The van der Waals surface area contributed by atoms with Crippen LogP contribution in [-0.4, -0.2) is 6.16 Å². The molecule has 0 bridgehead atoms. The molecule has 0 radical (unpaired) electrons. The van der Waals surface area contributed by atoms with Crippen molar-refractivity contribution in [1.29, 1.82) is 0 Å². The van der Waals surface area contributed by atoms with Crippen molar-refractivity contribution in [2.75, 3.05) is 6.16 Å².